The average Bonchev–Trinajstić information content (AvgIpc) is 3.61. The number of hydrogen-bond donors (Lipinski definition) is 7. The molecule has 0 amide bonds. The Hall–Kier alpha value is -1.56. The molecule has 7 aliphatic rings. The molecule has 0 radical (unpaired) electrons. The first-order valence-electron chi connectivity index (χ1n) is 17.9. The van der Waals surface area contributed by atoms with E-state index in [1.165, 1.54) is 0 Å². The van der Waals surface area contributed by atoms with Crippen LogP contribution in [0, 0.1) is 28.6 Å². The molecular weight excluding hydrogens is 644 g/mol. The van der Waals surface area contributed by atoms with Crippen molar-refractivity contribution in [2.24, 2.45) is 28.6 Å². The van der Waals surface area contributed by atoms with Gasteiger partial charge in [-0.25, -0.2) is 4.79 Å². The van der Waals surface area contributed by atoms with Gasteiger partial charge in [0.25, 0.3) is 0 Å². The zero-order chi connectivity index (χ0) is 35.1. The summed E-state index contributed by atoms with van der Waals surface area (Å²) in [6, 6.07) is 0. The van der Waals surface area contributed by atoms with E-state index in [-0.39, 0.29) is 43.2 Å². The number of aliphatic hydroxyl groups is 7. The lowest BCUT2D eigenvalue weighted by atomic mass is 9.41. The summed E-state index contributed by atoms with van der Waals surface area (Å²) in [5, 5.41) is 75.9. The topological polar surface area (TPSA) is 222 Å². The normalized spacial score (nSPS) is 54.3. The minimum atomic E-state index is -1.62. The smallest absolute Gasteiger partial charge is 0.331 e. The number of carbonyl (C=O) groups is 2. The fraction of sp³-hybridized carbons (Fsp3) is 0.886. The van der Waals surface area contributed by atoms with Gasteiger partial charge in [0.15, 0.2) is 12.6 Å². The van der Waals surface area contributed by atoms with Crippen molar-refractivity contribution in [3.63, 3.8) is 0 Å². The summed E-state index contributed by atoms with van der Waals surface area (Å²) >= 11 is 0. The minimum absolute atomic E-state index is 0.00470. The monoisotopic (exact) mass is 696 g/mol. The molecule has 6 fully saturated rings. The van der Waals surface area contributed by atoms with Gasteiger partial charge in [0.2, 0.25) is 0 Å². The van der Waals surface area contributed by atoms with Crippen LogP contribution in [0.1, 0.15) is 78.1 Å². The summed E-state index contributed by atoms with van der Waals surface area (Å²) in [4.78, 5) is 25.0. The van der Waals surface area contributed by atoms with Gasteiger partial charge in [-0.05, 0) is 81.6 Å². The third-order valence-electron chi connectivity index (χ3n) is 14.0. The molecular formula is C35H52O14. The highest BCUT2D eigenvalue weighted by Gasteiger charge is 2.71. The van der Waals surface area contributed by atoms with E-state index < -0.39 is 90.1 Å². The predicted octanol–water partition coefficient (Wildman–Crippen LogP) is -0.397. The molecule has 0 bridgehead atoms. The Labute approximate surface area is 285 Å². The molecule has 7 rings (SSSR count). The highest BCUT2D eigenvalue weighted by molar-refractivity contribution is 5.85. The average molecular weight is 697 g/mol. The maximum absolute atomic E-state index is 13.2. The molecule has 49 heavy (non-hydrogen) atoms. The SMILES string of the molecule is C[C@H]1O[C@@H](O[C@H]2CC[C@]3(C=O)[C@H]4CC[C@]5(C)[C@@H](C6=CC(=O)OC6)CC[C@]5(O)[C@@H]4CC[C@]3(O)C2)C[C@H](O)[C@H]1O[C@H]1O[C@H](CO)[C@@H](O)[C@H](O)[C@H]1O. The van der Waals surface area contributed by atoms with Crippen LogP contribution >= 0.6 is 0 Å². The van der Waals surface area contributed by atoms with Gasteiger partial charge in [0.1, 0.15) is 43.4 Å². The van der Waals surface area contributed by atoms with Crippen LogP contribution in [0.2, 0.25) is 0 Å². The highest BCUT2D eigenvalue weighted by atomic mass is 16.7. The van der Waals surface area contributed by atoms with E-state index in [0.29, 0.717) is 44.9 Å². The lowest BCUT2D eigenvalue weighted by molar-refractivity contribution is -0.345. The third-order valence-corrected chi connectivity index (χ3v) is 14.0. The van der Waals surface area contributed by atoms with Crippen molar-refractivity contribution < 1.29 is 69.0 Å². The molecule has 14 nitrogen and oxygen atoms in total. The van der Waals surface area contributed by atoms with Crippen LogP contribution in [0.25, 0.3) is 0 Å². The van der Waals surface area contributed by atoms with E-state index in [1.54, 1.807) is 13.0 Å². The number of aliphatic hydroxyl groups excluding tert-OH is 5. The Balaban J connectivity index is 1.00. The van der Waals surface area contributed by atoms with Crippen molar-refractivity contribution in [2.75, 3.05) is 13.2 Å². The molecule has 0 aromatic heterocycles. The van der Waals surface area contributed by atoms with Gasteiger partial charge in [-0.1, -0.05) is 6.92 Å². The summed E-state index contributed by atoms with van der Waals surface area (Å²) in [6.45, 7) is 3.42. The van der Waals surface area contributed by atoms with Crippen molar-refractivity contribution in [3.8, 4) is 0 Å². The van der Waals surface area contributed by atoms with Crippen LogP contribution < -0.4 is 0 Å². The first-order valence-corrected chi connectivity index (χ1v) is 17.9. The molecule has 4 aliphatic carbocycles. The molecule has 0 spiro atoms. The standard InChI is InChI=1S/C35H52O14/c1-17-30(49-31-29(42)28(41)27(40)24(14-36)48-31)23(38)12-26(46-17)47-19-3-8-33(16-37)21-4-7-32(2)20(18-11-25(39)45-15-18)6-10-35(32,44)22(21)5-9-34(33,43)13-19/h11,16-17,19-24,26-31,36,38,40-44H,3-10,12-15H2,1-2H3/t17-,19+,20-,21+,22-,23+,24-,26+,27-,28+,29-,30+,31-,32-,33+,34+,35+/m1/s1. The summed E-state index contributed by atoms with van der Waals surface area (Å²) in [5.74, 6) is -0.688. The number of fused-ring (bicyclic) bond motifs is 5. The van der Waals surface area contributed by atoms with Gasteiger partial charge < -0.3 is 64.2 Å². The van der Waals surface area contributed by atoms with Gasteiger partial charge in [0, 0.05) is 24.3 Å². The van der Waals surface area contributed by atoms with Crippen LogP contribution in [-0.2, 0) is 33.3 Å². The number of ether oxygens (including phenoxy) is 5. The molecule has 2 saturated heterocycles. The quantitative estimate of drug-likeness (QED) is 0.102. The minimum Gasteiger partial charge on any atom is -0.458 e. The van der Waals surface area contributed by atoms with Crippen molar-refractivity contribution in [1.29, 1.82) is 0 Å². The highest BCUT2D eigenvalue weighted by Crippen LogP contribution is 2.70. The Morgan fingerprint density at radius 2 is 1.69 bits per heavy atom. The van der Waals surface area contributed by atoms with Gasteiger partial charge in [-0.15, -0.1) is 0 Å². The maximum Gasteiger partial charge on any atom is 0.331 e. The Bertz CT molecular complexity index is 1300. The Morgan fingerprint density at radius 1 is 0.939 bits per heavy atom. The predicted molar refractivity (Wildman–Crippen MR) is 166 cm³/mol. The Morgan fingerprint density at radius 3 is 2.37 bits per heavy atom. The van der Waals surface area contributed by atoms with Crippen molar-refractivity contribution in [3.05, 3.63) is 11.6 Å². The van der Waals surface area contributed by atoms with Crippen LogP contribution in [0.15, 0.2) is 11.6 Å². The van der Waals surface area contributed by atoms with Crippen LogP contribution in [0.5, 0.6) is 0 Å². The first kappa shape index (κ1) is 35.8. The summed E-state index contributed by atoms with van der Waals surface area (Å²) < 4.78 is 28.9. The largest absolute Gasteiger partial charge is 0.458 e. The molecule has 17 atom stereocenters. The third kappa shape index (κ3) is 5.47. The molecule has 3 heterocycles. The summed E-state index contributed by atoms with van der Waals surface area (Å²) in [7, 11) is 0. The molecule has 14 heteroatoms. The van der Waals surface area contributed by atoms with E-state index in [4.69, 9.17) is 23.7 Å². The number of esters is 1. The first-order chi connectivity index (χ1) is 23.2. The van der Waals surface area contributed by atoms with Crippen LogP contribution in [0.4, 0.5) is 0 Å². The van der Waals surface area contributed by atoms with E-state index in [2.05, 4.69) is 6.92 Å². The van der Waals surface area contributed by atoms with Crippen molar-refractivity contribution >= 4 is 12.3 Å². The lowest BCUT2D eigenvalue weighted by Gasteiger charge is -2.65. The number of aldehydes is 1. The van der Waals surface area contributed by atoms with Gasteiger partial charge in [0.05, 0.1) is 41.5 Å². The maximum atomic E-state index is 13.2. The summed E-state index contributed by atoms with van der Waals surface area (Å²) in [6.07, 6.45) is -4.38. The molecule has 0 unspecified atom stereocenters. The second kappa shape index (κ2) is 12.8. The lowest BCUT2D eigenvalue weighted by Crippen LogP contribution is -2.69. The molecule has 0 aromatic carbocycles. The second-order valence-electron chi connectivity index (χ2n) is 16.1. The van der Waals surface area contributed by atoms with Gasteiger partial charge in [-0.3, -0.25) is 0 Å². The van der Waals surface area contributed by atoms with Crippen molar-refractivity contribution in [1.82, 2.24) is 0 Å². The van der Waals surface area contributed by atoms with E-state index in [0.717, 1.165) is 18.3 Å². The number of carbonyl (C=O) groups excluding carboxylic acids is 2. The van der Waals surface area contributed by atoms with E-state index in [9.17, 15) is 45.3 Å². The zero-order valence-corrected chi connectivity index (χ0v) is 28.1. The van der Waals surface area contributed by atoms with Crippen LogP contribution in [-0.4, -0.2) is 134 Å². The fourth-order valence-corrected chi connectivity index (χ4v) is 11.3. The van der Waals surface area contributed by atoms with Gasteiger partial charge in [-0.2, -0.15) is 0 Å². The Kier molecular flexibility index (Phi) is 9.38. The molecule has 3 aliphatic heterocycles. The molecule has 4 saturated carbocycles. The van der Waals surface area contributed by atoms with E-state index >= 15 is 0 Å². The van der Waals surface area contributed by atoms with Gasteiger partial charge >= 0.3 is 5.97 Å². The fourth-order valence-electron chi connectivity index (χ4n) is 11.3. The summed E-state index contributed by atoms with van der Waals surface area (Å²) in [5.41, 5.74) is -2.94. The number of rotatable bonds is 7. The second-order valence-corrected chi connectivity index (χ2v) is 16.1. The molecule has 276 valence electrons. The van der Waals surface area contributed by atoms with Crippen LogP contribution in [0.3, 0.4) is 0 Å². The van der Waals surface area contributed by atoms with Crippen molar-refractivity contribution in [2.45, 2.75) is 151 Å². The number of cyclic esters (lactones) is 1. The zero-order valence-electron chi connectivity index (χ0n) is 28.1. The number of hydrogen-bond acceptors (Lipinski definition) is 14. The molecule has 0 aromatic rings. The van der Waals surface area contributed by atoms with E-state index in [1.807, 2.05) is 0 Å². The molecule has 7 N–H and O–H groups in total.